The fourth-order valence-electron chi connectivity index (χ4n) is 1.03. The fourth-order valence-corrected chi connectivity index (χ4v) is 3.74. The van der Waals surface area contributed by atoms with Crippen molar-refractivity contribution in [3.63, 3.8) is 0 Å². The lowest BCUT2D eigenvalue weighted by atomic mass is 9.98. The molecule has 0 radical (unpaired) electrons. The molecule has 0 saturated carbocycles. The third-order valence-corrected chi connectivity index (χ3v) is 5.59. The minimum atomic E-state index is -3.64. The number of hydrogen-bond donors (Lipinski definition) is 0. The first-order chi connectivity index (χ1) is 9.72. The molecule has 0 fully saturated rings. The summed E-state index contributed by atoms with van der Waals surface area (Å²) in [6.45, 7) is 8.40. The summed E-state index contributed by atoms with van der Waals surface area (Å²) in [5.74, 6) is 1.03. The van der Waals surface area contributed by atoms with Gasteiger partial charge < -0.3 is 0 Å². The lowest BCUT2D eigenvalue weighted by Crippen LogP contribution is -2.33. The predicted octanol–water partition coefficient (Wildman–Crippen LogP) is 5.16. The van der Waals surface area contributed by atoms with Gasteiger partial charge in [0.25, 0.3) is 0 Å². The van der Waals surface area contributed by atoms with E-state index in [0.29, 0.717) is 0 Å². The normalized spacial score (nSPS) is 13.4. The van der Waals surface area contributed by atoms with Crippen molar-refractivity contribution in [2.75, 3.05) is 37.5 Å². The number of halogens is 3. The molecule has 8 heteroatoms. The Labute approximate surface area is 143 Å². The largest absolute Gasteiger partial charge is 0.474 e. The van der Waals surface area contributed by atoms with Gasteiger partial charge in [-0.1, -0.05) is 27.7 Å². The molecule has 128 valence electrons. The third-order valence-electron chi connectivity index (χ3n) is 2.51. The van der Waals surface area contributed by atoms with Crippen LogP contribution in [0.15, 0.2) is 0 Å². The molecule has 0 aromatic rings. The summed E-state index contributed by atoms with van der Waals surface area (Å²) in [6, 6.07) is 0. The second-order valence-corrected chi connectivity index (χ2v) is 8.47. The molecule has 0 aliphatic rings. The molecule has 0 aromatic heterocycles. The van der Waals surface area contributed by atoms with Crippen LogP contribution in [-0.4, -0.2) is 37.5 Å². The SMILES string of the molecule is CC(C)COP(=O)(OCC(C)C)OCC(CCl)(CCl)CCl. The Morgan fingerprint density at radius 1 is 0.857 bits per heavy atom. The Balaban J connectivity index is 4.76. The average Bonchev–Trinajstić information content (AvgIpc) is 2.45. The highest BCUT2D eigenvalue weighted by atomic mass is 35.5. The van der Waals surface area contributed by atoms with Crippen LogP contribution >= 0.6 is 42.6 Å². The highest BCUT2D eigenvalue weighted by Gasteiger charge is 2.35. The Bertz CT molecular complexity index is 298. The van der Waals surface area contributed by atoms with Crippen molar-refractivity contribution in [1.82, 2.24) is 0 Å². The van der Waals surface area contributed by atoms with E-state index < -0.39 is 13.2 Å². The van der Waals surface area contributed by atoms with Crippen molar-refractivity contribution >= 4 is 42.6 Å². The molecule has 0 unspecified atom stereocenters. The highest BCUT2D eigenvalue weighted by molar-refractivity contribution is 7.48. The summed E-state index contributed by atoms with van der Waals surface area (Å²) in [7, 11) is -3.64. The van der Waals surface area contributed by atoms with Gasteiger partial charge in [0.05, 0.1) is 19.8 Å². The van der Waals surface area contributed by atoms with Crippen LogP contribution in [-0.2, 0) is 18.1 Å². The molecule has 21 heavy (non-hydrogen) atoms. The molecular formula is C13H26Cl3O4P. The van der Waals surface area contributed by atoms with E-state index >= 15 is 0 Å². The molecule has 4 nitrogen and oxygen atoms in total. The lowest BCUT2D eigenvalue weighted by Gasteiger charge is -2.29. The van der Waals surface area contributed by atoms with E-state index in [-0.39, 0.29) is 49.3 Å². The summed E-state index contributed by atoms with van der Waals surface area (Å²) >= 11 is 17.7. The number of rotatable bonds is 12. The van der Waals surface area contributed by atoms with Crippen molar-refractivity contribution in [2.24, 2.45) is 17.3 Å². The molecule has 0 aromatic carbocycles. The molecule has 0 N–H and O–H groups in total. The van der Waals surface area contributed by atoms with Gasteiger partial charge >= 0.3 is 7.82 Å². The van der Waals surface area contributed by atoms with E-state index in [4.69, 9.17) is 48.4 Å². The zero-order valence-corrected chi connectivity index (χ0v) is 16.3. The molecule has 0 atom stereocenters. The van der Waals surface area contributed by atoms with Crippen LogP contribution in [0.2, 0.25) is 0 Å². The maximum atomic E-state index is 12.6. The highest BCUT2D eigenvalue weighted by Crippen LogP contribution is 2.51. The van der Waals surface area contributed by atoms with Gasteiger partial charge in [-0.3, -0.25) is 13.6 Å². The molecular weight excluding hydrogens is 357 g/mol. The summed E-state index contributed by atoms with van der Waals surface area (Å²) in [4.78, 5) is 0. The van der Waals surface area contributed by atoms with Crippen LogP contribution in [0, 0.1) is 17.3 Å². The van der Waals surface area contributed by atoms with Crippen LogP contribution in [0.5, 0.6) is 0 Å². The van der Waals surface area contributed by atoms with Crippen LogP contribution < -0.4 is 0 Å². The van der Waals surface area contributed by atoms with Crippen molar-refractivity contribution in [1.29, 1.82) is 0 Å². The molecule has 0 bridgehead atoms. The summed E-state index contributed by atoms with van der Waals surface area (Å²) in [6.07, 6.45) is 0. The number of phosphoric acid groups is 1. The van der Waals surface area contributed by atoms with Gasteiger partial charge in [-0.2, -0.15) is 0 Å². The van der Waals surface area contributed by atoms with Gasteiger partial charge in [-0.05, 0) is 11.8 Å². The van der Waals surface area contributed by atoms with Gasteiger partial charge in [-0.15, -0.1) is 34.8 Å². The molecule has 0 saturated heterocycles. The third kappa shape index (κ3) is 9.00. The van der Waals surface area contributed by atoms with Gasteiger partial charge in [0.2, 0.25) is 0 Å². The average molecular weight is 384 g/mol. The molecule has 0 rings (SSSR count). The van der Waals surface area contributed by atoms with Gasteiger partial charge in [0, 0.05) is 23.1 Å². The second kappa shape index (κ2) is 10.7. The quantitative estimate of drug-likeness (QED) is 0.345. The van der Waals surface area contributed by atoms with E-state index in [1.165, 1.54) is 0 Å². The first-order valence-electron chi connectivity index (χ1n) is 6.94. The van der Waals surface area contributed by atoms with E-state index in [0.717, 1.165) is 0 Å². The lowest BCUT2D eigenvalue weighted by molar-refractivity contribution is 0.0752. The Morgan fingerprint density at radius 2 is 1.24 bits per heavy atom. The van der Waals surface area contributed by atoms with Crippen LogP contribution in [0.4, 0.5) is 0 Å². The Hall–Kier alpha value is 0.980. The van der Waals surface area contributed by atoms with E-state index in [1.54, 1.807) is 0 Å². The molecule has 0 spiro atoms. The van der Waals surface area contributed by atoms with Crippen molar-refractivity contribution in [3.05, 3.63) is 0 Å². The van der Waals surface area contributed by atoms with Crippen molar-refractivity contribution in [3.8, 4) is 0 Å². The number of alkyl halides is 3. The molecule has 0 heterocycles. The zero-order chi connectivity index (χ0) is 16.5. The first-order valence-corrected chi connectivity index (χ1v) is 10.0. The standard InChI is InChI=1S/C13H26Cl3O4P/c1-11(2)5-18-21(17,19-6-12(3)4)20-10-13(7-14,8-15)9-16/h11-12H,5-10H2,1-4H3. The van der Waals surface area contributed by atoms with Gasteiger partial charge in [0.1, 0.15) is 0 Å². The minimum Gasteiger partial charge on any atom is -0.287 e. The topological polar surface area (TPSA) is 44.8 Å². The van der Waals surface area contributed by atoms with E-state index in [2.05, 4.69) is 0 Å². The Morgan fingerprint density at radius 3 is 1.52 bits per heavy atom. The molecule has 0 aliphatic carbocycles. The van der Waals surface area contributed by atoms with Crippen LogP contribution in [0.25, 0.3) is 0 Å². The summed E-state index contributed by atoms with van der Waals surface area (Å²) in [5, 5.41) is 0. The van der Waals surface area contributed by atoms with Crippen LogP contribution in [0.1, 0.15) is 27.7 Å². The minimum absolute atomic E-state index is 0.0248. The van der Waals surface area contributed by atoms with E-state index in [1.807, 2.05) is 27.7 Å². The van der Waals surface area contributed by atoms with Crippen molar-refractivity contribution < 1.29 is 18.1 Å². The number of hydrogen-bond acceptors (Lipinski definition) is 4. The van der Waals surface area contributed by atoms with E-state index in [9.17, 15) is 4.57 Å². The molecule has 0 aliphatic heterocycles. The van der Waals surface area contributed by atoms with Gasteiger partial charge in [-0.25, -0.2) is 4.57 Å². The van der Waals surface area contributed by atoms with Gasteiger partial charge in [0.15, 0.2) is 0 Å². The second-order valence-electron chi connectivity index (χ2n) is 6.00. The van der Waals surface area contributed by atoms with Crippen molar-refractivity contribution in [2.45, 2.75) is 27.7 Å². The Kier molecular flexibility index (Phi) is 11.2. The number of phosphoric ester groups is 1. The summed E-state index contributed by atoms with van der Waals surface area (Å²) in [5.41, 5.74) is -0.650. The van der Waals surface area contributed by atoms with Crippen LogP contribution in [0.3, 0.4) is 0 Å². The summed E-state index contributed by atoms with van der Waals surface area (Å²) < 4.78 is 28.8. The fraction of sp³-hybridized carbons (Fsp3) is 1.00. The predicted molar refractivity (Wildman–Crippen MR) is 89.7 cm³/mol. The first kappa shape index (κ1) is 22.0. The molecule has 0 amide bonds. The smallest absolute Gasteiger partial charge is 0.287 e. The monoisotopic (exact) mass is 382 g/mol. The maximum Gasteiger partial charge on any atom is 0.474 e. The maximum absolute atomic E-state index is 12.6. The zero-order valence-electron chi connectivity index (χ0n) is 13.1.